The van der Waals surface area contributed by atoms with Crippen molar-refractivity contribution in [3.8, 4) is 0 Å². The van der Waals surface area contributed by atoms with Crippen LogP contribution in [0.15, 0.2) is 18.3 Å². The number of benzene rings is 1. The van der Waals surface area contributed by atoms with Crippen molar-refractivity contribution >= 4 is 57.5 Å². The summed E-state index contributed by atoms with van der Waals surface area (Å²) in [6, 6.07) is 2.93. The first kappa shape index (κ1) is 19.2. The van der Waals surface area contributed by atoms with Crippen LogP contribution >= 0.6 is 34.5 Å². The van der Waals surface area contributed by atoms with Crippen molar-refractivity contribution in [1.29, 1.82) is 0 Å². The minimum Gasteiger partial charge on any atom is -0.453 e. The minimum atomic E-state index is -0.493. The van der Waals surface area contributed by atoms with Gasteiger partial charge in [-0.2, -0.15) is 4.39 Å². The summed E-state index contributed by atoms with van der Waals surface area (Å²) in [6.07, 6.45) is 1.27. The van der Waals surface area contributed by atoms with Crippen LogP contribution in [0.5, 0.6) is 0 Å². The Bertz CT molecular complexity index is 972. The van der Waals surface area contributed by atoms with Crippen molar-refractivity contribution in [2.45, 2.75) is 11.8 Å². The molecule has 28 heavy (non-hydrogen) atoms. The van der Waals surface area contributed by atoms with Crippen molar-refractivity contribution in [3.63, 3.8) is 0 Å². The Hall–Kier alpha value is -2.10. The molecule has 1 aromatic heterocycles. The number of nitrogens with one attached hydrogen (secondary N) is 1. The van der Waals surface area contributed by atoms with Crippen LogP contribution in [0.1, 0.15) is 12.0 Å². The molecular formula is C17H15Cl2FN4O3S. The van der Waals surface area contributed by atoms with E-state index in [1.54, 1.807) is 17.0 Å². The molecular weight excluding hydrogens is 430 g/mol. The van der Waals surface area contributed by atoms with Crippen molar-refractivity contribution in [2.75, 3.05) is 37.0 Å². The number of anilines is 2. The highest BCUT2D eigenvalue weighted by Crippen LogP contribution is 2.49. The van der Waals surface area contributed by atoms with E-state index in [0.29, 0.717) is 41.8 Å². The summed E-state index contributed by atoms with van der Waals surface area (Å²) < 4.78 is 18.0. The van der Waals surface area contributed by atoms with Crippen LogP contribution < -0.4 is 10.2 Å². The molecule has 11 heteroatoms. The van der Waals surface area contributed by atoms with E-state index in [1.165, 1.54) is 12.0 Å². The van der Waals surface area contributed by atoms with Gasteiger partial charge in [-0.1, -0.05) is 34.5 Å². The molecule has 2 aliphatic rings. The third-order valence-corrected chi connectivity index (χ3v) is 6.51. The van der Waals surface area contributed by atoms with E-state index < -0.39 is 22.7 Å². The van der Waals surface area contributed by atoms with Crippen molar-refractivity contribution in [3.05, 3.63) is 39.1 Å². The number of rotatable bonds is 1. The zero-order valence-corrected chi connectivity index (χ0v) is 17.0. The number of carbonyl (C=O) groups excluding carboxylic acids is 2. The predicted octanol–water partition coefficient (Wildman–Crippen LogP) is 4.35. The highest BCUT2D eigenvalue weighted by atomic mass is 35.5. The number of urea groups is 1. The number of aromatic nitrogens is 1. The van der Waals surface area contributed by atoms with Gasteiger partial charge in [0.25, 0.3) is 0 Å². The van der Waals surface area contributed by atoms with Gasteiger partial charge < -0.3 is 9.64 Å². The average molecular weight is 445 g/mol. The summed E-state index contributed by atoms with van der Waals surface area (Å²) in [5.74, 6) is 0. The zero-order chi connectivity index (χ0) is 20.1. The number of likely N-dealkylation sites (tertiary alicyclic amines) is 1. The molecule has 1 unspecified atom stereocenters. The molecule has 1 atom stereocenters. The second-order valence-corrected chi connectivity index (χ2v) is 8.49. The molecule has 2 aromatic rings. The maximum Gasteiger partial charge on any atom is 0.409 e. The van der Waals surface area contributed by atoms with Gasteiger partial charge in [-0.3, -0.25) is 10.2 Å². The maximum absolute atomic E-state index is 13.2. The molecule has 1 spiro atoms. The number of nitrogens with zero attached hydrogens (tertiary/aromatic N) is 3. The van der Waals surface area contributed by atoms with Crippen LogP contribution in [0.2, 0.25) is 10.0 Å². The monoisotopic (exact) mass is 444 g/mol. The van der Waals surface area contributed by atoms with Crippen LogP contribution in [0.25, 0.3) is 0 Å². The topological polar surface area (TPSA) is 74.8 Å². The third-order valence-electron chi connectivity index (χ3n) is 5.08. The first-order chi connectivity index (χ1) is 13.3. The molecule has 7 nitrogen and oxygen atoms in total. The van der Waals surface area contributed by atoms with E-state index in [1.807, 2.05) is 0 Å². The summed E-state index contributed by atoms with van der Waals surface area (Å²) in [6.45, 7) is 1.21. The molecule has 0 bridgehead atoms. The van der Waals surface area contributed by atoms with Gasteiger partial charge in [-0.15, -0.1) is 0 Å². The summed E-state index contributed by atoms with van der Waals surface area (Å²) in [4.78, 5) is 31.8. The Morgan fingerprint density at radius 2 is 2.07 bits per heavy atom. The number of amides is 3. The molecule has 2 aliphatic heterocycles. The molecule has 1 N–H and O–H groups in total. The lowest BCUT2D eigenvalue weighted by Gasteiger charge is -2.25. The summed E-state index contributed by atoms with van der Waals surface area (Å²) in [5, 5.41) is 2.96. The Balaban J connectivity index is 1.68. The lowest BCUT2D eigenvalue weighted by molar-refractivity contribution is 0.131. The van der Waals surface area contributed by atoms with E-state index in [0.717, 1.165) is 23.1 Å². The summed E-state index contributed by atoms with van der Waals surface area (Å²) in [5.41, 5.74) is 0.966. The molecule has 3 heterocycles. The Morgan fingerprint density at radius 1 is 1.32 bits per heavy atom. The molecule has 4 rings (SSSR count). The molecule has 0 aliphatic carbocycles. The quantitative estimate of drug-likeness (QED) is 0.709. The number of carbonyl (C=O) groups is 2. The Kier molecular flexibility index (Phi) is 4.84. The average Bonchev–Trinajstić information content (AvgIpc) is 3.35. The molecule has 0 radical (unpaired) electrons. The number of hydrogen-bond donors (Lipinski definition) is 1. The van der Waals surface area contributed by atoms with Gasteiger partial charge in [0.1, 0.15) is 0 Å². The number of fused-ring (bicyclic) bond motifs is 2. The minimum absolute atomic E-state index is 0.160. The first-order valence-electron chi connectivity index (χ1n) is 8.35. The number of halogens is 3. The second-order valence-electron chi connectivity index (χ2n) is 6.69. The fraction of sp³-hybridized carbons (Fsp3) is 0.353. The van der Waals surface area contributed by atoms with E-state index in [2.05, 4.69) is 10.3 Å². The lowest BCUT2D eigenvalue weighted by Crippen LogP contribution is -2.41. The fourth-order valence-electron chi connectivity index (χ4n) is 3.82. The van der Waals surface area contributed by atoms with Crippen molar-refractivity contribution < 1.29 is 18.7 Å². The van der Waals surface area contributed by atoms with Gasteiger partial charge in [-0.05, 0) is 24.1 Å². The molecule has 0 saturated carbocycles. The van der Waals surface area contributed by atoms with E-state index in [-0.39, 0.29) is 5.13 Å². The largest absolute Gasteiger partial charge is 0.453 e. The van der Waals surface area contributed by atoms with Crippen LogP contribution in [-0.4, -0.2) is 48.8 Å². The first-order valence-corrected chi connectivity index (χ1v) is 9.92. The van der Waals surface area contributed by atoms with Gasteiger partial charge in [-0.25, -0.2) is 14.6 Å². The van der Waals surface area contributed by atoms with Gasteiger partial charge in [0.15, 0.2) is 10.3 Å². The van der Waals surface area contributed by atoms with E-state index in [4.69, 9.17) is 27.9 Å². The molecule has 3 amide bonds. The highest BCUT2D eigenvalue weighted by Gasteiger charge is 2.50. The van der Waals surface area contributed by atoms with E-state index in [9.17, 15) is 14.0 Å². The lowest BCUT2D eigenvalue weighted by atomic mass is 9.81. The SMILES string of the molecule is COC(=O)N1CCC2(C1)CN(C(=O)Nc1ncc(F)s1)c1cc(Cl)c(Cl)cc12. The number of hydrogen-bond acceptors (Lipinski definition) is 5. The van der Waals surface area contributed by atoms with Crippen LogP contribution in [0.3, 0.4) is 0 Å². The van der Waals surface area contributed by atoms with E-state index >= 15 is 0 Å². The van der Waals surface area contributed by atoms with Gasteiger partial charge in [0, 0.05) is 25.0 Å². The normalized spacial score (nSPS) is 20.6. The van der Waals surface area contributed by atoms with Crippen LogP contribution in [0.4, 0.5) is 24.8 Å². The standard InChI is InChI=1S/C17H15Cl2FN4O3S/c1-27-16(26)23-3-2-17(7-23)8-24(12-5-11(19)10(18)4-9(12)17)15(25)22-14-21-6-13(20)28-14/h4-6H,2-3,7-8H2,1H3,(H,21,22,25). The highest BCUT2D eigenvalue weighted by molar-refractivity contribution is 7.14. The number of methoxy groups -OCH3 is 1. The van der Waals surface area contributed by atoms with Crippen molar-refractivity contribution in [2.24, 2.45) is 0 Å². The van der Waals surface area contributed by atoms with Crippen LogP contribution in [0, 0.1) is 5.13 Å². The summed E-state index contributed by atoms with van der Waals surface area (Å²) >= 11 is 13.2. The molecule has 1 fully saturated rings. The van der Waals surface area contributed by atoms with Gasteiger partial charge >= 0.3 is 12.1 Å². The maximum atomic E-state index is 13.2. The molecule has 1 saturated heterocycles. The Labute approximate surface area is 174 Å². The predicted molar refractivity (Wildman–Crippen MR) is 105 cm³/mol. The van der Waals surface area contributed by atoms with Gasteiger partial charge in [0.2, 0.25) is 0 Å². The summed E-state index contributed by atoms with van der Waals surface area (Å²) in [7, 11) is 1.33. The number of ether oxygens (including phenoxy) is 1. The third kappa shape index (κ3) is 3.17. The number of thiazole rings is 1. The van der Waals surface area contributed by atoms with Crippen LogP contribution in [-0.2, 0) is 10.2 Å². The fourth-order valence-corrected chi connectivity index (χ4v) is 4.67. The smallest absolute Gasteiger partial charge is 0.409 e. The Morgan fingerprint density at radius 3 is 2.75 bits per heavy atom. The van der Waals surface area contributed by atoms with Crippen molar-refractivity contribution in [1.82, 2.24) is 9.88 Å². The molecule has 148 valence electrons. The van der Waals surface area contributed by atoms with Gasteiger partial charge in [0.05, 0.1) is 29.0 Å². The second kappa shape index (κ2) is 7.06. The molecule has 1 aromatic carbocycles. The zero-order valence-electron chi connectivity index (χ0n) is 14.7.